The van der Waals surface area contributed by atoms with Crippen molar-refractivity contribution in [2.24, 2.45) is 7.05 Å². The Morgan fingerprint density at radius 3 is 2.28 bits per heavy atom. The number of piperazine rings is 1. The Morgan fingerprint density at radius 2 is 1.72 bits per heavy atom. The number of phenols is 1. The Bertz CT molecular complexity index is 1100. The van der Waals surface area contributed by atoms with Crippen LogP contribution in [0.1, 0.15) is 11.1 Å². The largest absolute Gasteiger partial charge is 0.507 e. The molecule has 1 fully saturated rings. The fraction of sp³-hybridized carbons (Fsp3) is 0.400. The molecule has 2 aromatic heterocycles. The van der Waals surface area contributed by atoms with Crippen LogP contribution in [0.5, 0.6) is 5.75 Å². The predicted molar refractivity (Wildman–Crippen MR) is 112 cm³/mol. The molecule has 2 N–H and O–H groups in total. The first-order valence-corrected chi connectivity index (χ1v) is 9.68. The number of carbonyl (C=O) groups is 1. The van der Waals surface area contributed by atoms with Crippen molar-refractivity contribution in [1.82, 2.24) is 24.4 Å². The summed E-state index contributed by atoms with van der Waals surface area (Å²) < 4.78 is 40.7. The maximum atomic E-state index is 13.0. The van der Waals surface area contributed by atoms with E-state index in [-0.39, 0.29) is 17.6 Å². The maximum absolute atomic E-state index is 13.0. The van der Waals surface area contributed by atoms with Gasteiger partial charge >= 0.3 is 6.18 Å². The van der Waals surface area contributed by atoms with E-state index < -0.39 is 17.5 Å². The van der Waals surface area contributed by atoms with Crippen molar-refractivity contribution in [2.75, 3.05) is 38.1 Å². The molecule has 0 saturated carbocycles. The topological polar surface area (TPSA) is 108 Å². The molecule has 172 valence electrons. The zero-order valence-electron chi connectivity index (χ0n) is 17.8. The van der Waals surface area contributed by atoms with Crippen LogP contribution >= 0.6 is 0 Å². The van der Waals surface area contributed by atoms with E-state index in [4.69, 9.17) is 9.90 Å². The number of hydrogen-bond donors (Lipinski definition) is 2. The summed E-state index contributed by atoms with van der Waals surface area (Å²) in [6.07, 6.45) is -2.85. The smallest absolute Gasteiger partial charge is 0.416 e. The Kier molecular flexibility index (Phi) is 6.53. The minimum atomic E-state index is -4.53. The highest BCUT2D eigenvalue weighted by Gasteiger charge is 2.32. The number of fused-ring (bicyclic) bond motifs is 1. The number of aromatic nitrogens is 4. The van der Waals surface area contributed by atoms with Crippen LogP contribution < -0.4 is 4.90 Å². The lowest BCUT2D eigenvalue weighted by Gasteiger charge is -2.32. The number of rotatable bonds is 2. The number of halogens is 3. The summed E-state index contributed by atoms with van der Waals surface area (Å²) in [7, 11) is 3.77. The van der Waals surface area contributed by atoms with E-state index in [1.54, 1.807) is 17.8 Å². The fourth-order valence-corrected chi connectivity index (χ4v) is 3.59. The van der Waals surface area contributed by atoms with E-state index in [1.807, 2.05) is 0 Å². The quantitative estimate of drug-likeness (QED) is 0.572. The Balaban J connectivity index is 0.000000913. The maximum Gasteiger partial charge on any atom is 0.416 e. The Hall–Kier alpha value is -3.41. The molecule has 0 bridgehead atoms. The number of hydrogen-bond acceptors (Lipinski definition) is 7. The van der Waals surface area contributed by atoms with Gasteiger partial charge in [0.2, 0.25) is 0 Å². The number of anilines is 1. The number of phenolic OH excluding ortho intramolecular Hbond substituents is 1. The van der Waals surface area contributed by atoms with Gasteiger partial charge in [0.05, 0.1) is 17.3 Å². The molecule has 1 aliphatic rings. The molecule has 0 unspecified atom stereocenters. The van der Waals surface area contributed by atoms with Crippen molar-refractivity contribution < 1.29 is 28.2 Å². The number of imidazole rings is 1. The third-order valence-electron chi connectivity index (χ3n) is 5.26. The molecule has 12 heteroatoms. The van der Waals surface area contributed by atoms with Gasteiger partial charge in [-0.3, -0.25) is 4.79 Å². The molecule has 1 saturated heterocycles. The van der Waals surface area contributed by atoms with Gasteiger partial charge in [0.15, 0.2) is 11.3 Å². The fourth-order valence-electron chi connectivity index (χ4n) is 3.59. The number of carboxylic acid groups (broad SMARTS) is 1. The molecular formula is C20H23F3N6O3. The lowest BCUT2D eigenvalue weighted by Crippen LogP contribution is -2.44. The zero-order valence-corrected chi connectivity index (χ0v) is 17.8. The molecule has 3 heterocycles. The van der Waals surface area contributed by atoms with Gasteiger partial charge in [0.25, 0.3) is 6.47 Å². The van der Waals surface area contributed by atoms with Crippen LogP contribution in [0.15, 0.2) is 18.3 Å². The summed E-state index contributed by atoms with van der Waals surface area (Å²) >= 11 is 0. The Morgan fingerprint density at radius 1 is 1.09 bits per heavy atom. The van der Waals surface area contributed by atoms with Crippen LogP contribution in [0, 0.1) is 6.92 Å². The molecule has 4 rings (SSSR count). The summed E-state index contributed by atoms with van der Waals surface area (Å²) in [5, 5.41) is 17.2. The van der Waals surface area contributed by atoms with Crippen molar-refractivity contribution >= 4 is 23.6 Å². The second-order valence-electron chi connectivity index (χ2n) is 7.45. The lowest BCUT2D eigenvalue weighted by molar-refractivity contribution is -0.137. The standard InChI is InChI=1S/C19H21F3N6O.CH2O2/c1-11-8-12(19(20,21)22)9-13(29)15(11)17-25-16-18(27(17)3)23-10-14(24-16)28-6-4-26(2)5-7-28;2-1-3/h8-10,29H,4-7H2,1-3H3;1H,(H,2,3). The SMILES string of the molecule is Cc1cc(C(F)(F)F)cc(O)c1-c1nc2nc(N3CCN(C)CC3)cnc2n1C.O=CO. The number of benzene rings is 1. The van der Waals surface area contributed by atoms with Crippen molar-refractivity contribution in [3.8, 4) is 17.1 Å². The summed E-state index contributed by atoms with van der Waals surface area (Å²) in [6.45, 7) is 4.77. The van der Waals surface area contributed by atoms with Crippen molar-refractivity contribution in [3.63, 3.8) is 0 Å². The molecule has 0 amide bonds. The van der Waals surface area contributed by atoms with Crippen LogP contribution in [0.2, 0.25) is 0 Å². The highest BCUT2D eigenvalue weighted by Crippen LogP contribution is 2.39. The average Bonchev–Trinajstić information content (AvgIpc) is 3.03. The average molecular weight is 452 g/mol. The summed E-state index contributed by atoms with van der Waals surface area (Å²) in [5.41, 5.74) is 0.495. The summed E-state index contributed by atoms with van der Waals surface area (Å²) in [4.78, 5) is 26.3. The molecule has 0 radical (unpaired) electrons. The minimum absolute atomic E-state index is 0.237. The first-order chi connectivity index (χ1) is 15.1. The number of nitrogens with zero attached hydrogens (tertiary/aromatic N) is 6. The van der Waals surface area contributed by atoms with E-state index in [0.29, 0.717) is 22.9 Å². The molecule has 0 spiro atoms. The summed E-state index contributed by atoms with van der Waals surface area (Å²) in [5.74, 6) is 0.554. The van der Waals surface area contributed by atoms with Gasteiger partial charge < -0.3 is 24.6 Å². The van der Waals surface area contributed by atoms with Crippen molar-refractivity contribution in [3.05, 3.63) is 29.5 Å². The van der Waals surface area contributed by atoms with Gasteiger partial charge in [-0.05, 0) is 31.7 Å². The van der Waals surface area contributed by atoms with Gasteiger partial charge in [-0.2, -0.15) is 13.2 Å². The van der Waals surface area contributed by atoms with Crippen LogP contribution in [-0.2, 0) is 18.0 Å². The molecule has 1 aliphatic heterocycles. The normalized spacial score (nSPS) is 14.9. The zero-order chi connectivity index (χ0) is 23.6. The van der Waals surface area contributed by atoms with Gasteiger partial charge in [0, 0.05) is 33.2 Å². The highest BCUT2D eigenvalue weighted by molar-refractivity contribution is 5.79. The monoisotopic (exact) mass is 452 g/mol. The third-order valence-corrected chi connectivity index (χ3v) is 5.26. The predicted octanol–water partition coefficient (Wildman–Crippen LogP) is 2.52. The van der Waals surface area contributed by atoms with Gasteiger partial charge in [0.1, 0.15) is 17.4 Å². The van der Waals surface area contributed by atoms with Crippen LogP contribution in [0.25, 0.3) is 22.7 Å². The first kappa shape index (κ1) is 23.3. The van der Waals surface area contributed by atoms with E-state index in [2.05, 4.69) is 31.8 Å². The van der Waals surface area contributed by atoms with Crippen molar-refractivity contribution in [1.29, 1.82) is 0 Å². The molecule has 1 aromatic carbocycles. The van der Waals surface area contributed by atoms with E-state index in [9.17, 15) is 18.3 Å². The molecule has 0 atom stereocenters. The molecule has 9 nitrogen and oxygen atoms in total. The second-order valence-corrected chi connectivity index (χ2v) is 7.45. The molecule has 0 aliphatic carbocycles. The number of likely N-dealkylation sites (N-methyl/N-ethyl adjacent to an activating group) is 1. The number of aromatic hydroxyl groups is 1. The molecule has 32 heavy (non-hydrogen) atoms. The second kappa shape index (κ2) is 8.99. The number of alkyl halides is 3. The van der Waals surface area contributed by atoms with Crippen LogP contribution in [0.3, 0.4) is 0 Å². The van der Waals surface area contributed by atoms with Crippen LogP contribution in [0.4, 0.5) is 19.0 Å². The lowest BCUT2D eigenvalue weighted by atomic mass is 10.0. The van der Waals surface area contributed by atoms with Gasteiger partial charge in [-0.1, -0.05) is 0 Å². The third kappa shape index (κ3) is 4.59. The highest BCUT2D eigenvalue weighted by atomic mass is 19.4. The summed E-state index contributed by atoms with van der Waals surface area (Å²) in [6, 6.07) is 1.73. The van der Waals surface area contributed by atoms with Crippen molar-refractivity contribution in [2.45, 2.75) is 13.1 Å². The number of aryl methyl sites for hydroxylation is 2. The van der Waals surface area contributed by atoms with E-state index in [0.717, 1.165) is 38.3 Å². The Labute approximate surface area is 181 Å². The van der Waals surface area contributed by atoms with Crippen LogP contribution in [-0.4, -0.2) is 74.3 Å². The molecular weight excluding hydrogens is 429 g/mol. The van der Waals surface area contributed by atoms with Gasteiger partial charge in [-0.25, -0.2) is 15.0 Å². The minimum Gasteiger partial charge on any atom is -0.507 e. The van der Waals surface area contributed by atoms with Gasteiger partial charge in [-0.15, -0.1) is 0 Å². The first-order valence-electron chi connectivity index (χ1n) is 9.68. The molecule has 3 aromatic rings. The van der Waals surface area contributed by atoms with E-state index in [1.165, 1.54) is 6.92 Å². The van der Waals surface area contributed by atoms with E-state index >= 15 is 0 Å².